The van der Waals surface area contributed by atoms with Crippen LogP contribution >= 0.6 is 23.4 Å². The van der Waals surface area contributed by atoms with E-state index in [0.717, 1.165) is 15.5 Å². The average molecular weight is 229 g/mol. The van der Waals surface area contributed by atoms with Gasteiger partial charge in [0.05, 0.1) is 7.11 Å². The Labute approximate surface area is 91.6 Å². The number of methoxy groups -OCH3 is 1. The highest BCUT2D eigenvalue weighted by molar-refractivity contribution is 8.01. The van der Waals surface area contributed by atoms with Crippen LogP contribution in [0.5, 0.6) is 0 Å². The molecule has 14 heavy (non-hydrogen) atoms. The van der Waals surface area contributed by atoms with E-state index in [4.69, 9.17) is 16.3 Å². The van der Waals surface area contributed by atoms with Gasteiger partial charge in [-0.1, -0.05) is 17.7 Å². The van der Waals surface area contributed by atoms with Crippen LogP contribution in [-0.2, 0) is 16.0 Å². The number of esters is 1. The molecule has 0 radical (unpaired) electrons. The van der Waals surface area contributed by atoms with E-state index in [0.29, 0.717) is 6.42 Å². The maximum absolute atomic E-state index is 11.3. The van der Waals surface area contributed by atoms with Gasteiger partial charge in [0.2, 0.25) is 0 Å². The molecule has 0 bridgehead atoms. The maximum Gasteiger partial charge on any atom is 0.319 e. The fourth-order valence-corrected chi connectivity index (χ4v) is 3.04. The summed E-state index contributed by atoms with van der Waals surface area (Å²) in [6, 6.07) is 5.73. The highest BCUT2D eigenvalue weighted by Crippen LogP contribution is 2.40. The summed E-state index contributed by atoms with van der Waals surface area (Å²) in [4.78, 5) is 12.4. The first-order valence-corrected chi connectivity index (χ1v) is 5.50. The van der Waals surface area contributed by atoms with Crippen LogP contribution < -0.4 is 0 Å². The highest BCUT2D eigenvalue weighted by Gasteiger charge is 2.30. The van der Waals surface area contributed by atoms with Gasteiger partial charge in [-0.25, -0.2) is 0 Å². The van der Waals surface area contributed by atoms with E-state index in [1.54, 1.807) is 0 Å². The van der Waals surface area contributed by atoms with Crippen molar-refractivity contribution in [3.05, 3.63) is 28.8 Å². The van der Waals surface area contributed by atoms with Crippen LogP contribution in [0, 0.1) is 0 Å². The molecule has 1 aliphatic rings. The Morgan fingerprint density at radius 2 is 2.43 bits per heavy atom. The molecule has 2 nitrogen and oxygen atoms in total. The van der Waals surface area contributed by atoms with Crippen LogP contribution in [0.3, 0.4) is 0 Å². The summed E-state index contributed by atoms with van der Waals surface area (Å²) in [6.07, 6.45) is 0.673. The SMILES string of the molecule is COC(=O)C1Cc2c(Cl)cccc2S1. The van der Waals surface area contributed by atoms with Gasteiger partial charge in [-0.3, -0.25) is 4.79 Å². The summed E-state index contributed by atoms with van der Waals surface area (Å²) in [5, 5.41) is 0.608. The first-order valence-electron chi connectivity index (χ1n) is 4.24. The van der Waals surface area contributed by atoms with E-state index < -0.39 is 0 Å². The van der Waals surface area contributed by atoms with Crippen molar-refractivity contribution in [1.82, 2.24) is 0 Å². The van der Waals surface area contributed by atoms with E-state index in [1.807, 2.05) is 18.2 Å². The van der Waals surface area contributed by atoms with Crippen molar-refractivity contribution in [2.75, 3.05) is 7.11 Å². The molecule has 0 aromatic heterocycles. The smallest absolute Gasteiger partial charge is 0.319 e. The first-order chi connectivity index (χ1) is 6.72. The zero-order valence-electron chi connectivity index (χ0n) is 7.62. The van der Waals surface area contributed by atoms with E-state index in [-0.39, 0.29) is 11.2 Å². The number of rotatable bonds is 1. The summed E-state index contributed by atoms with van der Waals surface area (Å²) in [6.45, 7) is 0. The molecule has 0 N–H and O–H groups in total. The number of carbonyl (C=O) groups excluding carboxylic acids is 1. The van der Waals surface area contributed by atoms with Crippen molar-refractivity contribution in [2.24, 2.45) is 0 Å². The lowest BCUT2D eigenvalue weighted by atomic mass is 10.1. The molecule has 1 unspecified atom stereocenters. The molecule has 0 amide bonds. The van der Waals surface area contributed by atoms with Crippen LogP contribution in [0.25, 0.3) is 0 Å². The van der Waals surface area contributed by atoms with Crippen molar-refractivity contribution >= 4 is 29.3 Å². The molecule has 1 aromatic carbocycles. The Hall–Kier alpha value is -0.670. The van der Waals surface area contributed by atoms with Gasteiger partial charge in [0.15, 0.2) is 0 Å². The van der Waals surface area contributed by atoms with Crippen LogP contribution in [0.15, 0.2) is 23.1 Å². The molecule has 2 rings (SSSR count). The molecule has 0 aliphatic carbocycles. The minimum absolute atomic E-state index is 0.130. The second-order valence-electron chi connectivity index (χ2n) is 3.05. The Morgan fingerprint density at radius 1 is 1.64 bits per heavy atom. The van der Waals surface area contributed by atoms with Crippen molar-refractivity contribution in [1.29, 1.82) is 0 Å². The van der Waals surface area contributed by atoms with Crippen LogP contribution in [-0.4, -0.2) is 18.3 Å². The Kier molecular flexibility index (Phi) is 2.70. The normalized spacial score (nSPS) is 19.1. The molecular weight excluding hydrogens is 220 g/mol. The number of halogens is 1. The minimum atomic E-state index is -0.178. The lowest BCUT2D eigenvalue weighted by Gasteiger charge is -2.03. The van der Waals surface area contributed by atoms with E-state index in [1.165, 1.54) is 18.9 Å². The lowest BCUT2D eigenvalue weighted by molar-refractivity contribution is -0.139. The molecule has 4 heteroatoms. The highest BCUT2D eigenvalue weighted by atomic mass is 35.5. The largest absolute Gasteiger partial charge is 0.468 e. The van der Waals surface area contributed by atoms with Gasteiger partial charge in [0.25, 0.3) is 0 Å². The summed E-state index contributed by atoms with van der Waals surface area (Å²) in [5.41, 5.74) is 1.06. The van der Waals surface area contributed by atoms with E-state index in [2.05, 4.69) is 0 Å². The number of hydrogen-bond acceptors (Lipinski definition) is 3. The van der Waals surface area contributed by atoms with E-state index >= 15 is 0 Å². The lowest BCUT2D eigenvalue weighted by Crippen LogP contribution is -2.17. The number of hydrogen-bond donors (Lipinski definition) is 0. The summed E-state index contributed by atoms with van der Waals surface area (Å²) in [7, 11) is 1.41. The molecule has 0 fully saturated rings. The summed E-state index contributed by atoms with van der Waals surface area (Å²) >= 11 is 7.54. The molecule has 1 aliphatic heterocycles. The van der Waals surface area contributed by atoms with Gasteiger partial charge < -0.3 is 4.74 Å². The molecule has 0 saturated heterocycles. The number of ether oxygens (including phenoxy) is 1. The first kappa shape index (κ1) is 9.87. The third-order valence-electron chi connectivity index (χ3n) is 2.20. The predicted molar refractivity (Wildman–Crippen MR) is 56.8 cm³/mol. The van der Waals surface area contributed by atoms with Crippen molar-refractivity contribution in [3.8, 4) is 0 Å². The zero-order valence-corrected chi connectivity index (χ0v) is 9.19. The molecule has 0 spiro atoms. The third-order valence-corrected chi connectivity index (χ3v) is 3.83. The van der Waals surface area contributed by atoms with Crippen molar-refractivity contribution < 1.29 is 9.53 Å². The fourth-order valence-electron chi connectivity index (χ4n) is 1.49. The number of fused-ring (bicyclic) bond motifs is 1. The van der Waals surface area contributed by atoms with Crippen LogP contribution in [0.4, 0.5) is 0 Å². The number of thioether (sulfide) groups is 1. The summed E-state index contributed by atoms with van der Waals surface area (Å²) < 4.78 is 4.70. The molecule has 0 saturated carbocycles. The summed E-state index contributed by atoms with van der Waals surface area (Å²) in [5.74, 6) is -0.178. The monoisotopic (exact) mass is 228 g/mol. The number of benzene rings is 1. The predicted octanol–water partition coefficient (Wildman–Crippen LogP) is 2.53. The molecule has 1 aromatic rings. The quantitative estimate of drug-likeness (QED) is 0.691. The van der Waals surface area contributed by atoms with Gasteiger partial charge in [-0.2, -0.15) is 0 Å². The standard InChI is InChI=1S/C10H9ClO2S/c1-13-10(12)9-5-6-7(11)3-2-4-8(6)14-9/h2-4,9H,5H2,1H3. The Bertz CT molecular complexity index is 378. The van der Waals surface area contributed by atoms with Crippen LogP contribution in [0.1, 0.15) is 5.56 Å². The Morgan fingerprint density at radius 3 is 3.07 bits per heavy atom. The topological polar surface area (TPSA) is 26.3 Å². The molecule has 1 atom stereocenters. The minimum Gasteiger partial charge on any atom is -0.468 e. The van der Waals surface area contributed by atoms with Gasteiger partial charge in [-0.15, -0.1) is 11.8 Å². The van der Waals surface area contributed by atoms with Crippen LogP contribution in [0.2, 0.25) is 5.02 Å². The second-order valence-corrected chi connectivity index (χ2v) is 4.70. The average Bonchev–Trinajstić information content (AvgIpc) is 2.62. The van der Waals surface area contributed by atoms with Gasteiger partial charge in [0.1, 0.15) is 5.25 Å². The van der Waals surface area contributed by atoms with Gasteiger partial charge >= 0.3 is 5.97 Å². The zero-order chi connectivity index (χ0) is 10.1. The Balaban J connectivity index is 2.26. The molecule has 1 heterocycles. The second kappa shape index (κ2) is 3.83. The molecule has 74 valence electrons. The van der Waals surface area contributed by atoms with Gasteiger partial charge in [0, 0.05) is 9.92 Å². The van der Waals surface area contributed by atoms with Crippen molar-refractivity contribution in [3.63, 3.8) is 0 Å². The van der Waals surface area contributed by atoms with Crippen molar-refractivity contribution in [2.45, 2.75) is 16.6 Å². The molecular formula is C10H9ClO2S. The maximum atomic E-state index is 11.3. The van der Waals surface area contributed by atoms with Gasteiger partial charge in [-0.05, 0) is 24.1 Å². The number of carbonyl (C=O) groups is 1. The van der Waals surface area contributed by atoms with E-state index in [9.17, 15) is 4.79 Å². The fraction of sp³-hybridized carbons (Fsp3) is 0.300. The third kappa shape index (κ3) is 1.62.